The normalized spacial score (nSPS) is 16.7. The Kier molecular flexibility index (Phi) is 7.49. The van der Waals surface area contributed by atoms with Crippen LogP contribution in [0, 0.1) is 0 Å². The van der Waals surface area contributed by atoms with Crippen LogP contribution in [0.1, 0.15) is 37.5 Å². The monoisotopic (exact) mass is 537 g/mol. The van der Waals surface area contributed by atoms with Crippen molar-refractivity contribution in [3.8, 4) is 11.5 Å². The molecular formula is C25H25Cl2NO6S. The first-order valence-electron chi connectivity index (χ1n) is 11.0. The van der Waals surface area contributed by atoms with Crippen LogP contribution in [0.15, 0.2) is 65.6 Å². The third kappa shape index (κ3) is 5.37. The minimum absolute atomic E-state index is 0.0207. The first-order valence-corrected chi connectivity index (χ1v) is 13.2. The summed E-state index contributed by atoms with van der Waals surface area (Å²) in [5.41, 5.74) is 0.880. The van der Waals surface area contributed by atoms with E-state index in [2.05, 4.69) is 0 Å². The fourth-order valence-corrected chi connectivity index (χ4v) is 5.80. The molecule has 2 N–H and O–H groups in total. The third-order valence-corrected chi connectivity index (χ3v) is 7.98. The summed E-state index contributed by atoms with van der Waals surface area (Å²) in [6, 6.07) is 15.7. The quantitative estimate of drug-likeness (QED) is 0.412. The lowest BCUT2D eigenvalue weighted by molar-refractivity contribution is 0.0678. The molecule has 0 aliphatic carbocycles. The number of aliphatic hydroxyl groups is 2. The van der Waals surface area contributed by atoms with E-state index in [1.165, 1.54) is 24.3 Å². The van der Waals surface area contributed by atoms with Gasteiger partial charge in [-0.3, -0.25) is 4.31 Å². The number of aliphatic hydroxyl groups excluding tert-OH is 2. The third-order valence-electron chi connectivity index (χ3n) is 5.59. The SMILES string of the molecule is CC(O)CCN(c1ccc(Cl)cc1C(O)c1ccccc1Cl)S(=O)(=O)c1ccc2c(c1)OC(C)O2. The lowest BCUT2D eigenvalue weighted by Gasteiger charge is -2.29. The highest BCUT2D eigenvalue weighted by Crippen LogP contribution is 2.40. The Morgan fingerprint density at radius 2 is 1.69 bits per heavy atom. The number of halogens is 2. The number of fused-ring (bicyclic) bond motifs is 1. The molecule has 0 fully saturated rings. The van der Waals surface area contributed by atoms with Crippen molar-refractivity contribution in [3.05, 3.63) is 81.8 Å². The van der Waals surface area contributed by atoms with Crippen LogP contribution in [0.3, 0.4) is 0 Å². The first kappa shape index (κ1) is 25.6. The van der Waals surface area contributed by atoms with Crippen LogP contribution in [0.2, 0.25) is 10.0 Å². The first-order chi connectivity index (χ1) is 16.6. The van der Waals surface area contributed by atoms with Crippen LogP contribution in [0.4, 0.5) is 5.69 Å². The van der Waals surface area contributed by atoms with E-state index >= 15 is 0 Å². The fourth-order valence-electron chi connectivity index (χ4n) is 3.86. The lowest BCUT2D eigenvalue weighted by Crippen LogP contribution is -2.34. The molecule has 0 aromatic heterocycles. The summed E-state index contributed by atoms with van der Waals surface area (Å²) in [6.45, 7) is 3.24. The summed E-state index contributed by atoms with van der Waals surface area (Å²) in [7, 11) is -4.15. The molecule has 10 heteroatoms. The summed E-state index contributed by atoms with van der Waals surface area (Å²) >= 11 is 12.6. The van der Waals surface area contributed by atoms with Gasteiger partial charge >= 0.3 is 0 Å². The standard InChI is InChI=1S/C25H25Cl2NO6S/c1-15(29)11-12-28(35(31,32)18-8-10-23-24(14-18)34-16(2)33-23)22-9-7-17(26)13-20(22)25(30)19-5-3-4-6-21(19)27/h3-10,13-16,25,29-30H,11-12H2,1-2H3. The summed E-state index contributed by atoms with van der Waals surface area (Å²) < 4.78 is 40.0. The molecule has 3 aromatic rings. The minimum Gasteiger partial charge on any atom is -0.451 e. The van der Waals surface area contributed by atoms with E-state index in [4.69, 9.17) is 32.7 Å². The molecule has 0 saturated heterocycles. The molecule has 3 atom stereocenters. The van der Waals surface area contributed by atoms with Gasteiger partial charge in [-0.1, -0.05) is 41.4 Å². The summed E-state index contributed by atoms with van der Waals surface area (Å²) in [5.74, 6) is 0.773. The van der Waals surface area contributed by atoms with Crippen LogP contribution < -0.4 is 13.8 Å². The molecule has 0 radical (unpaired) electrons. The van der Waals surface area contributed by atoms with Gasteiger partial charge < -0.3 is 19.7 Å². The van der Waals surface area contributed by atoms with Gasteiger partial charge in [-0.2, -0.15) is 0 Å². The van der Waals surface area contributed by atoms with Crippen molar-refractivity contribution in [1.82, 2.24) is 0 Å². The molecule has 0 bridgehead atoms. The smallest absolute Gasteiger partial charge is 0.264 e. The predicted octanol–water partition coefficient (Wildman–Crippen LogP) is 5.16. The molecule has 0 spiro atoms. The molecule has 186 valence electrons. The predicted molar refractivity (Wildman–Crippen MR) is 135 cm³/mol. The molecule has 4 rings (SSSR count). The Hall–Kier alpha value is -2.49. The van der Waals surface area contributed by atoms with Crippen LogP contribution in [0.5, 0.6) is 11.5 Å². The number of hydrogen-bond donors (Lipinski definition) is 2. The van der Waals surface area contributed by atoms with Crippen molar-refractivity contribution in [2.24, 2.45) is 0 Å². The molecule has 0 amide bonds. The van der Waals surface area contributed by atoms with E-state index in [9.17, 15) is 18.6 Å². The summed E-state index contributed by atoms with van der Waals surface area (Å²) in [5, 5.41) is 21.8. The number of anilines is 1. The number of hydrogen-bond acceptors (Lipinski definition) is 6. The van der Waals surface area contributed by atoms with Gasteiger partial charge in [0.1, 0.15) is 6.10 Å². The zero-order valence-electron chi connectivity index (χ0n) is 19.1. The lowest BCUT2D eigenvalue weighted by atomic mass is 9.99. The minimum atomic E-state index is -4.15. The molecule has 3 aromatic carbocycles. The van der Waals surface area contributed by atoms with Crippen molar-refractivity contribution in [2.75, 3.05) is 10.8 Å². The van der Waals surface area contributed by atoms with Gasteiger partial charge in [0, 0.05) is 40.7 Å². The second kappa shape index (κ2) is 10.2. The molecule has 7 nitrogen and oxygen atoms in total. The van der Waals surface area contributed by atoms with Crippen molar-refractivity contribution >= 4 is 38.9 Å². The van der Waals surface area contributed by atoms with E-state index in [1.807, 2.05) is 0 Å². The van der Waals surface area contributed by atoms with Crippen LogP contribution >= 0.6 is 23.2 Å². The molecule has 1 aliphatic rings. The number of rotatable bonds is 8. The van der Waals surface area contributed by atoms with Gasteiger partial charge in [-0.25, -0.2) is 8.42 Å². The molecule has 1 aliphatic heterocycles. The van der Waals surface area contributed by atoms with Crippen LogP contribution in [-0.4, -0.2) is 37.6 Å². The highest BCUT2D eigenvalue weighted by Gasteiger charge is 2.31. The van der Waals surface area contributed by atoms with E-state index in [1.54, 1.807) is 50.2 Å². The van der Waals surface area contributed by atoms with Gasteiger partial charge in [-0.15, -0.1) is 0 Å². The maximum Gasteiger partial charge on any atom is 0.264 e. The van der Waals surface area contributed by atoms with Gasteiger partial charge in [0.2, 0.25) is 6.29 Å². The molecule has 35 heavy (non-hydrogen) atoms. The average Bonchev–Trinajstić information content (AvgIpc) is 3.18. The van der Waals surface area contributed by atoms with Crippen LogP contribution in [0.25, 0.3) is 0 Å². The molecule has 1 heterocycles. The van der Waals surface area contributed by atoms with E-state index in [-0.39, 0.29) is 29.1 Å². The van der Waals surface area contributed by atoms with Gasteiger partial charge in [-0.05, 0) is 49.7 Å². The van der Waals surface area contributed by atoms with Crippen molar-refractivity contribution in [1.29, 1.82) is 0 Å². The van der Waals surface area contributed by atoms with Crippen molar-refractivity contribution in [3.63, 3.8) is 0 Å². The average molecular weight is 538 g/mol. The zero-order chi connectivity index (χ0) is 25.3. The maximum absolute atomic E-state index is 13.9. The van der Waals surface area contributed by atoms with E-state index < -0.39 is 28.5 Å². The Morgan fingerprint density at radius 3 is 2.40 bits per heavy atom. The second-order valence-electron chi connectivity index (χ2n) is 8.25. The van der Waals surface area contributed by atoms with Gasteiger partial charge in [0.05, 0.1) is 16.7 Å². The fraction of sp³-hybridized carbons (Fsp3) is 0.280. The number of benzene rings is 3. The highest BCUT2D eigenvalue weighted by molar-refractivity contribution is 7.92. The van der Waals surface area contributed by atoms with E-state index in [0.29, 0.717) is 27.1 Å². The number of sulfonamides is 1. The Morgan fingerprint density at radius 1 is 0.971 bits per heavy atom. The van der Waals surface area contributed by atoms with Crippen LogP contribution in [-0.2, 0) is 10.0 Å². The molecular weight excluding hydrogens is 513 g/mol. The highest BCUT2D eigenvalue weighted by atomic mass is 35.5. The molecule has 3 unspecified atom stereocenters. The largest absolute Gasteiger partial charge is 0.451 e. The number of nitrogens with zero attached hydrogens (tertiary/aromatic N) is 1. The zero-order valence-corrected chi connectivity index (χ0v) is 21.4. The number of ether oxygens (including phenoxy) is 2. The summed E-state index contributed by atoms with van der Waals surface area (Å²) in [4.78, 5) is -0.0207. The topological polar surface area (TPSA) is 96.3 Å². The maximum atomic E-state index is 13.9. The van der Waals surface area contributed by atoms with Gasteiger partial charge in [0.25, 0.3) is 10.0 Å². The molecule has 0 saturated carbocycles. The Balaban J connectivity index is 1.83. The Labute approximate surface area is 214 Å². The second-order valence-corrected chi connectivity index (χ2v) is 11.0. The van der Waals surface area contributed by atoms with E-state index in [0.717, 1.165) is 4.31 Å². The van der Waals surface area contributed by atoms with Crippen molar-refractivity contribution in [2.45, 2.75) is 43.7 Å². The summed E-state index contributed by atoms with van der Waals surface area (Å²) in [6.07, 6.45) is -2.37. The van der Waals surface area contributed by atoms with Gasteiger partial charge in [0.15, 0.2) is 11.5 Å². The Bertz CT molecular complexity index is 1330. The van der Waals surface area contributed by atoms with Crippen molar-refractivity contribution < 1.29 is 28.1 Å².